The second-order valence-corrected chi connectivity index (χ2v) is 6.09. The molecule has 0 aromatic rings. The zero-order valence-corrected chi connectivity index (χ0v) is 10.4. The highest BCUT2D eigenvalue weighted by Gasteiger charge is 2.27. The summed E-state index contributed by atoms with van der Waals surface area (Å²) in [5.74, 6) is 6.32. The second-order valence-electron chi connectivity index (χ2n) is 6.09. The van der Waals surface area contributed by atoms with Gasteiger partial charge < -0.3 is 0 Å². The summed E-state index contributed by atoms with van der Waals surface area (Å²) in [5, 5.41) is 0. The predicted molar refractivity (Wildman–Crippen MR) is 63.3 cm³/mol. The van der Waals surface area contributed by atoms with Gasteiger partial charge in [-0.05, 0) is 32.6 Å². The van der Waals surface area contributed by atoms with Crippen molar-refractivity contribution >= 4 is 5.78 Å². The van der Waals surface area contributed by atoms with Crippen molar-refractivity contribution in [3.63, 3.8) is 0 Å². The van der Waals surface area contributed by atoms with Gasteiger partial charge in [0.1, 0.15) is 0 Å². The smallest absolute Gasteiger partial charge is 0.171 e. The summed E-state index contributed by atoms with van der Waals surface area (Å²) in [6.07, 6.45) is 3.56. The van der Waals surface area contributed by atoms with Crippen molar-refractivity contribution < 1.29 is 4.79 Å². The fourth-order valence-electron chi connectivity index (χ4n) is 1.47. The molecule has 0 fully saturated rings. The van der Waals surface area contributed by atoms with Gasteiger partial charge in [-0.3, -0.25) is 4.79 Å². The standard InChI is InChI=1S/C14H20O/c1-13(2,3)8-6-11-7-9-14(4,5)10-12(11)15/h7H,9-10H2,1-5H3. The lowest BCUT2D eigenvalue weighted by Crippen LogP contribution is -2.22. The van der Waals surface area contributed by atoms with Gasteiger partial charge in [-0.1, -0.05) is 31.8 Å². The van der Waals surface area contributed by atoms with Crippen molar-refractivity contribution in [2.24, 2.45) is 10.8 Å². The Balaban J connectivity index is 2.85. The lowest BCUT2D eigenvalue weighted by atomic mass is 9.77. The molecular weight excluding hydrogens is 184 g/mol. The van der Waals surface area contributed by atoms with E-state index in [-0.39, 0.29) is 16.6 Å². The Morgan fingerprint density at radius 2 is 1.93 bits per heavy atom. The molecule has 15 heavy (non-hydrogen) atoms. The van der Waals surface area contributed by atoms with E-state index in [0.717, 1.165) is 6.42 Å². The summed E-state index contributed by atoms with van der Waals surface area (Å²) in [7, 11) is 0. The zero-order valence-electron chi connectivity index (χ0n) is 10.4. The Morgan fingerprint density at radius 1 is 1.33 bits per heavy atom. The maximum atomic E-state index is 11.8. The first-order valence-electron chi connectivity index (χ1n) is 5.46. The lowest BCUT2D eigenvalue weighted by Gasteiger charge is -2.25. The van der Waals surface area contributed by atoms with Crippen molar-refractivity contribution in [1.29, 1.82) is 0 Å². The molecule has 1 heteroatoms. The monoisotopic (exact) mass is 204 g/mol. The molecule has 1 rings (SSSR count). The van der Waals surface area contributed by atoms with Gasteiger partial charge in [-0.15, -0.1) is 0 Å². The second kappa shape index (κ2) is 3.85. The van der Waals surface area contributed by atoms with E-state index in [9.17, 15) is 4.79 Å². The molecule has 0 N–H and O–H groups in total. The quantitative estimate of drug-likeness (QED) is 0.553. The topological polar surface area (TPSA) is 17.1 Å². The Bertz CT molecular complexity index is 353. The third-order valence-electron chi connectivity index (χ3n) is 2.37. The number of rotatable bonds is 0. The van der Waals surface area contributed by atoms with Crippen molar-refractivity contribution in [2.75, 3.05) is 0 Å². The minimum atomic E-state index is -0.0336. The number of hydrogen-bond acceptors (Lipinski definition) is 1. The minimum Gasteiger partial charge on any atom is -0.293 e. The van der Waals surface area contributed by atoms with Gasteiger partial charge >= 0.3 is 0 Å². The summed E-state index contributed by atoms with van der Waals surface area (Å²) >= 11 is 0. The Kier molecular flexibility index (Phi) is 3.09. The van der Waals surface area contributed by atoms with E-state index in [1.54, 1.807) is 0 Å². The summed E-state index contributed by atoms with van der Waals surface area (Å²) in [6, 6.07) is 0. The first-order chi connectivity index (χ1) is 6.70. The van der Waals surface area contributed by atoms with E-state index in [4.69, 9.17) is 0 Å². The fraction of sp³-hybridized carbons (Fsp3) is 0.643. The van der Waals surface area contributed by atoms with Crippen molar-refractivity contribution in [3.05, 3.63) is 11.6 Å². The van der Waals surface area contributed by atoms with Crippen LogP contribution in [0.5, 0.6) is 0 Å². The highest BCUT2D eigenvalue weighted by atomic mass is 16.1. The minimum absolute atomic E-state index is 0.0336. The zero-order chi connectivity index (χ0) is 11.7. The van der Waals surface area contributed by atoms with Crippen LogP contribution in [0.15, 0.2) is 11.6 Å². The predicted octanol–water partition coefficient (Wildman–Crippen LogP) is 3.35. The molecule has 0 amide bonds. The highest BCUT2D eigenvalue weighted by Crippen LogP contribution is 2.31. The van der Waals surface area contributed by atoms with E-state index in [1.807, 2.05) is 6.08 Å². The van der Waals surface area contributed by atoms with Crippen molar-refractivity contribution in [3.8, 4) is 11.8 Å². The molecule has 0 heterocycles. The SMILES string of the molecule is CC(C)(C)C#CC1=CCC(C)(C)CC1=O. The van der Waals surface area contributed by atoms with E-state index in [0.29, 0.717) is 12.0 Å². The third-order valence-corrected chi connectivity index (χ3v) is 2.37. The Labute approximate surface area is 92.9 Å². The van der Waals surface area contributed by atoms with E-state index in [1.165, 1.54) is 0 Å². The lowest BCUT2D eigenvalue weighted by molar-refractivity contribution is -0.117. The number of carbonyl (C=O) groups is 1. The summed E-state index contributed by atoms with van der Waals surface area (Å²) < 4.78 is 0. The summed E-state index contributed by atoms with van der Waals surface area (Å²) in [5.41, 5.74) is 0.794. The molecule has 0 bridgehead atoms. The van der Waals surface area contributed by atoms with Crippen LogP contribution in [-0.2, 0) is 4.79 Å². The number of ketones is 1. The summed E-state index contributed by atoms with van der Waals surface area (Å²) in [6.45, 7) is 10.4. The number of Topliss-reactive ketones (excluding diaryl/α,β-unsaturated/α-hetero) is 1. The molecule has 0 radical (unpaired) electrons. The average Bonchev–Trinajstić information content (AvgIpc) is 1.99. The molecule has 0 aromatic carbocycles. The van der Waals surface area contributed by atoms with Crippen LogP contribution in [0.2, 0.25) is 0 Å². The third kappa shape index (κ3) is 3.91. The molecule has 0 aromatic heterocycles. The molecule has 0 unspecified atom stereocenters. The molecule has 0 spiro atoms. The normalized spacial score (nSPS) is 20.3. The Morgan fingerprint density at radius 3 is 2.40 bits per heavy atom. The van der Waals surface area contributed by atoms with Gasteiger partial charge in [0.05, 0.1) is 5.57 Å². The molecule has 82 valence electrons. The van der Waals surface area contributed by atoms with E-state index >= 15 is 0 Å². The van der Waals surface area contributed by atoms with Gasteiger partial charge in [0.25, 0.3) is 0 Å². The first-order valence-corrected chi connectivity index (χ1v) is 5.46. The van der Waals surface area contributed by atoms with Gasteiger partial charge in [-0.25, -0.2) is 0 Å². The van der Waals surface area contributed by atoms with Crippen LogP contribution in [0.25, 0.3) is 0 Å². The molecule has 0 saturated heterocycles. The molecule has 1 aliphatic rings. The van der Waals surface area contributed by atoms with Crippen LogP contribution in [0.4, 0.5) is 0 Å². The van der Waals surface area contributed by atoms with Crippen molar-refractivity contribution in [1.82, 2.24) is 0 Å². The van der Waals surface area contributed by atoms with Gasteiger partial charge in [0.2, 0.25) is 0 Å². The van der Waals surface area contributed by atoms with Crippen LogP contribution < -0.4 is 0 Å². The summed E-state index contributed by atoms with van der Waals surface area (Å²) in [4.78, 5) is 11.8. The van der Waals surface area contributed by atoms with Crippen LogP contribution in [0, 0.1) is 22.7 Å². The maximum absolute atomic E-state index is 11.8. The average molecular weight is 204 g/mol. The van der Waals surface area contributed by atoms with E-state index < -0.39 is 0 Å². The van der Waals surface area contributed by atoms with Gasteiger partial charge in [-0.2, -0.15) is 0 Å². The van der Waals surface area contributed by atoms with E-state index in [2.05, 4.69) is 46.5 Å². The van der Waals surface area contributed by atoms with Crippen LogP contribution in [0.1, 0.15) is 47.5 Å². The van der Waals surface area contributed by atoms with Crippen LogP contribution >= 0.6 is 0 Å². The molecule has 0 aliphatic heterocycles. The first kappa shape index (κ1) is 12.0. The highest BCUT2D eigenvalue weighted by molar-refractivity contribution is 6.00. The van der Waals surface area contributed by atoms with Crippen LogP contribution in [0.3, 0.4) is 0 Å². The molecule has 0 atom stereocenters. The van der Waals surface area contributed by atoms with Gasteiger partial charge in [0.15, 0.2) is 5.78 Å². The molecule has 1 aliphatic carbocycles. The maximum Gasteiger partial charge on any atom is 0.171 e. The number of hydrogen-bond donors (Lipinski definition) is 0. The van der Waals surface area contributed by atoms with Crippen LogP contribution in [-0.4, -0.2) is 5.78 Å². The molecule has 0 saturated carbocycles. The number of allylic oxidation sites excluding steroid dienone is 2. The largest absolute Gasteiger partial charge is 0.293 e. The molecular formula is C14H20O. The Hall–Kier alpha value is -1.03. The van der Waals surface area contributed by atoms with Gasteiger partial charge in [0, 0.05) is 11.8 Å². The fourth-order valence-corrected chi connectivity index (χ4v) is 1.47. The molecule has 1 nitrogen and oxygen atoms in total. The number of carbonyl (C=O) groups excluding carboxylic acids is 1. The van der Waals surface area contributed by atoms with Crippen molar-refractivity contribution in [2.45, 2.75) is 47.5 Å².